The zero-order valence-electron chi connectivity index (χ0n) is 12.7. The number of carbonyl (C=O) groups is 1. The Morgan fingerprint density at radius 2 is 1.67 bits per heavy atom. The van der Waals surface area contributed by atoms with Crippen molar-refractivity contribution in [2.45, 2.75) is 13.0 Å². The first-order chi connectivity index (χ1) is 11.4. The maximum Gasteiger partial charge on any atom is 0.268 e. The molecular formula is C18H13F3N2O. The van der Waals surface area contributed by atoms with Gasteiger partial charge >= 0.3 is 0 Å². The largest absolute Gasteiger partial charge is 0.349 e. The third-order valence-corrected chi connectivity index (χ3v) is 4.30. The Kier molecular flexibility index (Phi) is 3.16. The lowest BCUT2D eigenvalue weighted by Crippen LogP contribution is -2.37. The van der Waals surface area contributed by atoms with E-state index in [1.54, 1.807) is 10.6 Å². The smallest absolute Gasteiger partial charge is 0.268 e. The lowest BCUT2D eigenvalue weighted by molar-refractivity contribution is 0.0919. The molecule has 1 aliphatic rings. The molecule has 1 aliphatic heterocycles. The van der Waals surface area contributed by atoms with Crippen molar-refractivity contribution in [2.24, 2.45) is 0 Å². The van der Waals surface area contributed by atoms with Gasteiger partial charge in [-0.05, 0) is 42.8 Å². The maximum absolute atomic E-state index is 14.0. The molecule has 0 spiro atoms. The van der Waals surface area contributed by atoms with E-state index in [1.165, 1.54) is 12.1 Å². The van der Waals surface area contributed by atoms with E-state index in [9.17, 15) is 18.0 Å². The molecule has 1 amide bonds. The molecule has 24 heavy (non-hydrogen) atoms. The molecule has 4 rings (SSSR count). The van der Waals surface area contributed by atoms with Gasteiger partial charge in [0.2, 0.25) is 0 Å². The number of amides is 1. The van der Waals surface area contributed by atoms with E-state index in [4.69, 9.17) is 0 Å². The van der Waals surface area contributed by atoms with Gasteiger partial charge in [-0.25, -0.2) is 13.2 Å². The van der Waals surface area contributed by atoms with E-state index in [2.05, 4.69) is 5.32 Å². The van der Waals surface area contributed by atoms with Crippen molar-refractivity contribution < 1.29 is 18.0 Å². The molecular weight excluding hydrogens is 317 g/mol. The average Bonchev–Trinajstić information content (AvgIpc) is 2.89. The van der Waals surface area contributed by atoms with Crippen molar-refractivity contribution in [1.82, 2.24) is 9.88 Å². The summed E-state index contributed by atoms with van der Waals surface area (Å²) < 4.78 is 43.1. The van der Waals surface area contributed by atoms with Gasteiger partial charge in [-0.2, -0.15) is 0 Å². The Balaban J connectivity index is 2.10. The van der Waals surface area contributed by atoms with Crippen LogP contribution in [0.3, 0.4) is 0 Å². The van der Waals surface area contributed by atoms with Crippen LogP contribution in [0.5, 0.6) is 0 Å². The lowest BCUT2D eigenvalue weighted by atomic mass is 10.0. The normalized spacial score (nSPS) is 17.0. The Bertz CT molecular complexity index is 973. The van der Waals surface area contributed by atoms with Gasteiger partial charge in [0, 0.05) is 29.6 Å². The van der Waals surface area contributed by atoms with Crippen molar-refractivity contribution in [1.29, 1.82) is 0 Å². The SMILES string of the molecule is CC1CNC(=O)c2cc3cc(F)cc(-c4cc(F)cc(F)c4)c3n21. The summed E-state index contributed by atoms with van der Waals surface area (Å²) in [5, 5.41) is 3.29. The number of hydrogen-bond acceptors (Lipinski definition) is 1. The third kappa shape index (κ3) is 2.18. The summed E-state index contributed by atoms with van der Waals surface area (Å²) >= 11 is 0. The first kappa shape index (κ1) is 14.8. The average molecular weight is 330 g/mol. The molecule has 0 fully saturated rings. The van der Waals surface area contributed by atoms with Crippen LogP contribution in [0.4, 0.5) is 13.2 Å². The molecule has 0 aliphatic carbocycles. The molecule has 3 nitrogen and oxygen atoms in total. The van der Waals surface area contributed by atoms with Gasteiger partial charge in [0.25, 0.3) is 5.91 Å². The van der Waals surface area contributed by atoms with Crippen LogP contribution in [0.15, 0.2) is 36.4 Å². The molecule has 0 saturated heterocycles. The summed E-state index contributed by atoms with van der Waals surface area (Å²) in [4.78, 5) is 12.1. The number of fused-ring (bicyclic) bond motifs is 3. The van der Waals surface area contributed by atoms with Gasteiger partial charge < -0.3 is 9.88 Å². The highest BCUT2D eigenvalue weighted by atomic mass is 19.1. The molecule has 122 valence electrons. The summed E-state index contributed by atoms with van der Waals surface area (Å²) in [7, 11) is 0. The van der Waals surface area contributed by atoms with Gasteiger partial charge in [0.1, 0.15) is 23.1 Å². The molecule has 1 aromatic heterocycles. The number of benzene rings is 2. The number of nitrogens with one attached hydrogen (secondary N) is 1. The van der Waals surface area contributed by atoms with E-state index in [0.717, 1.165) is 18.2 Å². The van der Waals surface area contributed by atoms with Crippen LogP contribution in [-0.2, 0) is 0 Å². The summed E-state index contributed by atoms with van der Waals surface area (Å²) in [6, 6.07) is 7.18. The van der Waals surface area contributed by atoms with Gasteiger partial charge in [-0.15, -0.1) is 0 Å². The van der Waals surface area contributed by atoms with Crippen molar-refractivity contribution in [3.05, 3.63) is 59.5 Å². The topological polar surface area (TPSA) is 34.0 Å². The predicted octanol–water partition coefficient (Wildman–Crippen LogP) is 4.03. The Labute approximate surface area is 135 Å². The summed E-state index contributed by atoms with van der Waals surface area (Å²) in [5.74, 6) is -2.25. The van der Waals surface area contributed by atoms with E-state index in [1.807, 2.05) is 6.92 Å². The zero-order chi connectivity index (χ0) is 17.0. The second-order valence-corrected chi connectivity index (χ2v) is 6.01. The number of nitrogens with zero attached hydrogens (tertiary/aromatic N) is 1. The van der Waals surface area contributed by atoms with Crippen LogP contribution in [0.1, 0.15) is 23.5 Å². The zero-order valence-corrected chi connectivity index (χ0v) is 12.7. The Hall–Kier alpha value is -2.76. The molecule has 0 saturated carbocycles. The molecule has 2 aromatic carbocycles. The van der Waals surface area contributed by atoms with Gasteiger partial charge in [0.05, 0.1) is 5.52 Å². The van der Waals surface area contributed by atoms with E-state index < -0.39 is 17.5 Å². The number of carbonyl (C=O) groups excluding carboxylic acids is 1. The fourth-order valence-corrected chi connectivity index (χ4v) is 3.32. The van der Waals surface area contributed by atoms with Crippen molar-refractivity contribution in [2.75, 3.05) is 6.54 Å². The maximum atomic E-state index is 14.0. The van der Waals surface area contributed by atoms with Gasteiger partial charge in [-0.1, -0.05) is 0 Å². The first-order valence-corrected chi connectivity index (χ1v) is 7.53. The number of aromatic nitrogens is 1. The number of halogens is 3. The summed E-state index contributed by atoms with van der Waals surface area (Å²) in [6.07, 6.45) is 0. The second-order valence-electron chi connectivity index (χ2n) is 6.01. The fraction of sp³-hybridized carbons (Fsp3) is 0.167. The minimum absolute atomic E-state index is 0.0576. The Morgan fingerprint density at radius 3 is 2.38 bits per heavy atom. The standard InChI is InChI=1S/C18H13F3N2O/c1-9-8-22-18(24)16-5-11-4-14(21)7-15(17(11)23(9)16)10-2-12(19)6-13(20)3-10/h2-7,9H,8H2,1H3,(H,22,24). The van der Waals surface area contributed by atoms with Crippen LogP contribution in [0.25, 0.3) is 22.0 Å². The molecule has 1 N–H and O–H groups in total. The minimum Gasteiger partial charge on any atom is -0.349 e. The van der Waals surface area contributed by atoms with E-state index >= 15 is 0 Å². The van der Waals surface area contributed by atoms with Crippen molar-refractivity contribution >= 4 is 16.8 Å². The van der Waals surface area contributed by atoms with Crippen LogP contribution in [0.2, 0.25) is 0 Å². The third-order valence-electron chi connectivity index (χ3n) is 4.30. The highest BCUT2D eigenvalue weighted by Gasteiger charge is 2.26. The molecule has 1 unspecified atom stereocenters. The molecule has 2 heterocycles. The monoisotopic (exact) mass is 330 g/mol. The highest BCUT2D eigenvalue weighted by Crippen LogP contribution is 2.36. The summed E-state index contributed by atoms with van der Waals surface area (Å²) in [5.41, 5.74) is 1.60. The first-order valence-electron chi connectivity index (χ1n) is 7.53. The van der Waals surface area contributed by atoms with Crippen LogP contribution in [-0.4, -0.2) is 17.0 Å². The quantitative estimate of drug-likeness (QED) is 0.718. The predicted molar refractivity (Wildman–Crippen MR) is 84.3 cm³/mol. The number of hydrogen-bond donors (Lipinski definition) is 1. The molecule has 1 atom stereocenters. The van der Waals surface area contributed by atoms with Gasteiger partial charge in [-0.3, -0.25) is 4.79 Å². The van der Waals surface area contributed by atoms with E-state index in [0.29, 0.717) is 28.7 Å². The van der Waals surface area contributed by atoms with Gasteiger partial charge in [0.15, 0.2) is 0 Å². The molecule has 0 bridgehead atoms. The second kappa shape index (κ2) is 5.12. The Morgan fingerprint density at radius 1 is 1.00 bits per heavy atom. The lowest BCUT2D eigenvalue weighted by Gasteiger charge is -2.25. The van der Waals surface area contributed by atoms with Crippen molar-refractivity contribution in [3.63, 3.8) is 0 Å². The fourth-order valence-electron chi connectivity index (χ4n) is 3.32. The van der Waals surface area contributed by atoms with E-state index in [-0.39, 0.29) is 17.5 Å². The van der Waals surface area contributed by atoms with Crippen LogP contribution < -0.4 is 5.32 Å². The van der Waals surface area contributed by atoms with Crippen molar-refractivity contribution in [3.8, 4) is 11.1 Å². The van der Waals surface area contributed by atoms with Crippen LogP contribution in [0, 0.1) is 17.5 Å². The molecule has 3 aromatic rings. The van der Waals surface area contributed by atoms with Crippen LogP contribution >= 0.6 is 0 Å². The highest BCUT2D eigenvalue weighted by molar-refractivity contribution is 6.04. The minimum atomic E-state index is -0.737. The number of rotatable bonds is 1. The molecule has 6 heteroatoms. The summed E-state index contributed by atoms with van der Waals surface area (Å²) in [6.45, 7) is 2.35. The molecule has 0 radical (unpaired) electrons.